The molecule has 1 N–H and O–H groups in total. The number of amides is 1. The van der Waals surface area contributed by atoms with E-state index < -0.39 is 0 Å². The Labute approximate surface area is 94.9 Å². The van der Waals surface area contributed by atoms with Crippen molar-refractivity contribution in [1.29, 1.82) is 0 Å². The molecule has 0 fully saturated rings. The lowest BCUT2D eigenvalue weighted by Gasteiger charge is -2.02. The molecule has 0 radical (unpaired) electrons. The highest BCUT2D eigenvalue weighted by Gasteiger charge is 2.03. The first-order valence-electron chi connectivity index (χ1n) is 5.31. The van der Waals surface area contributed by atoms with E-state index in [0.717, 1.165) is 5.69 Å². The molecule has 1 aromatic heterocycles. The third-order valence-electron chi connectivity index (χ3n) is 2.17. The lowest BCUT2D eigenvalue weighted by molar-refractivity contribution is -0.124. The van der Waals surface area contributed by atoms with Crippen molar-refractivity contribution in [2.45, 2.75) is 26.2 Å². The number of Topliss-reactive ketones (excluding diaryl/α,β-unsaturated/α-hetero) is 1. The molecule has 1 heterocycles. The van der Waals surface area contributed by atoms with Crippen LogP contribution in [-0.4, -0.2) is 27.8 Å². The van der Waals surface area contributed by atoms with Crippen LogP contribution in [0.2, 0.25) is 0 Å². The number of hydrogen-bond acceptors (Lipinski definition) is 3. The lowest BCUT2D eigenvalue weighted by atomic mass is 10.2. The molecule has 0 bridgehead atoms. The zero-order valence-corrected chi connectivity index (χ0v) is 9.69. The van der Waals surface area contributed by atoms with Gasteiger partial charge in [-0.15, -0.1) is 0 Å². The van der Waals surface area contributed by atoms with Gasteiger partial charge in [0.1, 0.15) is 5.78 Å². The second-order valence-corrected chi connectivity index (χ2v) is 3.83. The number of ketones is 1. The normalized spacial score (nSPS) is 10.1. The van der Waals surface area contributed by atoms with Gasteiger partial charge in [0.05, 0.1) is 12.0 Å². The van der Waals surface area contributed by atoms with Crippen LogP contribution >= 0.6 is 0 Å². The molecular formula is C11H17N3O2. The quantitative estimate of drug-likeness (QED) is 0.761. The van der Waals surface area contributed by atoms with E-state index in [2.05, 4.69) is 10.3 Å². The van der Waals surface area contributed by atoms with Crippen molar-refractivity contribution in [2.75, 3.05) is 6.54 Å². The van der Waals surface area contributed by atoms with E-state index in [0.29, 0.717) is 19.4 Å². The number of carbonyl (C=O) groups is 2. The van der Waals surface area contributed by atoms with E-state index in [9.17, 15) is 9.59 Å². The number of imidazole rings is 1. The smallest absolute Gasteiger partial charge is 0.220 e. The van der Waals surface area contributed by atoms with Crippen LogP contribution in [0.4, 0.5) is 0 Å². The third-order valence-corrected chi connectivity index (χ3v) is 2.17. The van der Waals surface area contributed by atoms with Gasteiger partial charge in [-0.05, 0) is 6.92 Å². The van der Waals surface area contributed by atoms with Crippen molar-refractivity contribution in [2.24, 2.45) is 7.05 Å². The first-order chi connectivity index (χ1) is 7.58. The largest absolute Gasteiger partial charge is 0.356 e. The van der Waals surface area contributed by atoms with E-state index in [1.807, 2.05) is 17.8 Å². The molecule has 0 aliphatic heterocycles. The zero-order valence-electron chi connectivity index (χ0n) is 9.69. The van der Waals surface area contributed by atoms with Gasteiger partial charge in [0, 0.05) is 39.1 Å². The maximum absolute atomic E-state index is 11.3. The van der Waals surface area contributed by atoms with Gasteiger partial charge in [0.25, 0.3) is 0 Å². The van der Waals surface area contributed by atoms with Gasteiger partial charge >= 0.3 is 0 Å². The minimum absolute atomic E-state index is 0.0416. The minimum atomic E-state index is -0.0777. The van der Waals surface area contributed by atoms with Crippen LogP contribution in [0.25, 0.3) is 0 Å². The van der Waals surface area contributed by atoms with Gasteiger partial charge in [-0.1, -0.05) is 0 Å². The molecule has 0 aliphatic rings. The molecule has 0 aromatic carbocycles. The minimum Gasteiger partial charge on any atom is -0.356 e. The van der Waals surface area contributed by atoms with Crippen LogP contribution in [-0.2, 0) is 23.1 Å². The monoisotopic (exact) mass is 223 g/mol. The molecule has 0 unspecified atom stereocenters. The Bertz CT molecular complexity index is 371. The fraction of sp³-hybridized carbons (Fsp3) is 0.545. The van der Waals surface area contributed by atoms with E-state index in [4.69, 9.17) is 0 Å². The maximum Gasteiger partial charge on any atom is 0.220 e. The molecule has 1 aromatic rings. The number of aryl methyl sites for hydroxylation is 1. The molecule has 0 atom stereocenters. The molecule has 0 spiro atoms. The first kappa shape index (κ1) is 12.4. The Kier molecular flexibility index (Phi) is 4.69. The molecule has 0 saturated carbocycles. The van der Waals surface area contributed by atoms with Crippen molar-refractivity contribution in [1.82, 2.24) is 14.9 Å². The summed E-state index contributed by atoms with van der Waals surface area (Å²) in [6, 6.07) is 0. The summed E-state index contributed by atoms with van der Waals surface area (Å²) >= 11 is 0. The van der Waals surface area contributed by atoms with Crippen molar-refractivity contribution >= 4 is 11.7 Å². The fourth-order valence-corrected chi connectivity index (χ4v) is 1.30. The van der Waals surface area contributed by atoms with Gasteiger partial charge in [-0.3, -0.25) is 4.79 Å². The summed E-state index contributed by atoms with van der Waals surface area (Å²) in [6.45, 7) is 2.05. The molecule has 5 nitrogen and oxygen atoms in total. The maximum atomic E-state index is 11.3. The number of rotatable bonds is 6. The van der Waals surface area contributed by atoms with Crippen LogP contribution < -0.4 is 5.32 Å². The van der Waals surface area contributed by atoms with Crippen molar-refractivity contribution in [3.8, 4) is 0 Å². The zero-order chi connectivity index (χ0) is 12.0. The summed E-state index contributed by atoms with van der Waals surface area (Å²) in [5.41, 5.74) is 0.953. The Morgan fingerprint density at radius 3 is 2.75 bits per heavy atom. The molecule has 0 saturated heterocycles. The number of nitrogens with zero attached hydrogens (tertiary/aromatic N) is 2. The number of carbonyl (C=O) groups excluding carboxylic acids is 2. The number of hydrogen-bond donors (Lipinski definition) is 1. The van der Waals surface area contributed by atoms with Gasteiger partial charge in [0.2, 0.25) is 5.91 Å². The standard InChI is InChI=1S/C11H17N3O2/c1-9(15)3-4-11(16)12-6-5-10-7-14(2)8-13-10/h7-8H,3-6H2,1-2H3,(H,12,16). The van der Waals surface area contributed by atoms with Gasteiger partial charge < -0.3 is 14.7 Å². The average Bonchev–Trinajstić information content (AvgIpc) is 2.61. The second-order valence-electron chi connectivity index (χ2n) is 3.83. The third kappa shape index (κ3) is 4.72. The summed E-state index contributed by atoms with van der Waals surface area (Å²) < 4.78 is 1.87. The Hall–Kier alpha value is -1.65. The Balaban J connectivity index is 2.15. The van der Waals surface area contributed by atoms with Crippen LogP contribution in [0.5, 0.6) is 0 Å². The summed E-state index contributed by atoms with van der Waals surface area (Å²) in [7, 11) is 1.90. The predicted molar refractivity (Wildman–Crippen MR) is 59.8 cm³/mol. The van der Waals surface area contributed by atoms with Crippen LogP contribution in [0.1, 0.15) is 25.5 Å². The van der Waals surface area contributed by atoms with Crippen molar-refractivity contribution in [3.05, 3.63) is 18.2 Å². The summed E-state index contributed by atoms with van der Waals surface area (Å²) in [5.74, 6) is -0.0361. The van der Waals surface area contributed by atoms with Crippen LogP contribution in [0.15, 0.2) is 12.5 Å². The molecule has 5 heteroatoms. The molecule has 88 valence electrons. The first-order valence-corrected chi connectivity index (χ1v) is 5.31. The predicted octanol–water partition coefficient (Wildman–Crippen LogP) is 0.448. The SMILES string of the molecule is CC(=O)CCC(=O)NCCc1cn(C)cn1. The van der Waals surface area contributed by atoms with E-state index in [1.165, 1.54) is 6.92 Å². The summed E-state index contributed by atoms with van der Waals surface area (Å²) in [6.07, 6.45) is 4.95. The highest BCUT2D eigenvalue weighted by Crippen LogP contribution is 1.95. The van der Waals surface area contributed by atoms with Crippen LogP contribution in [0.3, 0.4) is 0 Å². The lowest BCUT2D eigenvalue weighted by Crippen LogP contribution is -2.25. The average molecular weight is 223 g/mol. The molecule has 1 amide bonds. The summed E-state index contributed by atoms with van der Waals surface area (Å²) in [4.78, 5) is 26.1. The molecule has 0 aliphatic carbocycles. The number of aromatic nitrogens is 2. The number of nitrogens with one attached hydrogen (secondary N) is 1. The van der Waals surface area contributed by atoms with Crippen molar-refractivity contribution in [3.63, 3.8) is 0 Å². The highest BCUT2D eigenvalue weighted by atomic mass is 16.2. The van der Waals surface area contributed by atoms with Crippen LogP contribution in [0, 0.1) is 0 Å². The van der Waals surface area contributed by atoms with Gasteiger partial charge in [-0.25, -0.2) is 4.98 Å². The Morgan fingerprint density at radius 2 is 2.19 bits per heavy atom. The topological polar surface area (TPSA) is 64.0 Å². The van der Waals surface area contributed by atoms with Crippen molar-refractivity contribution < 1.29 is 9.59 Å². The van der Waals surface area contributed by atoms with E-state index >= 15 is 0 Å². The van der Waals surface area contributed by atoms with E-state index in [-0.39, 0.29) is 18.1 Å². The highest BCUT2D eigenvalue weighted by molar-refractivity contribution is 5.83. The van der Waals surface area contributed by atoms with Gasteiger partial charge in [0.15, 0.2) is 0 Å². The second kappa shape index (κ2) is 6.05. The summed E-state index contributed by atoms with van der Waals surface area (Å²) in [5, 5.41) is 2.76. The Morgan fingerprint density at radius 1 is 1.44 bits per heavy atom. The molecule has 16 heavy (non-hydrogen) atoms. The molecular weight excluding hydrogens is 206 g/mol. The fourth-order valence-electron chi connectivity index (χ4n) is 1.30. The van der Waals surface area contributed by atoms with E-state index in [1.54, 1.807) is 6.33 Å². The van der Waals surface area contributed by atoms with Gasteiger partial charge in [-0.2, -0.15) is 0 Å². The molecule has 1 rings (SSSR count).